The monoisotopic (exact) mass is 320 g/mol. The van der Waals surface area contributed by atoms with E-state index in [0.717, 1.165) is 0 Å². The fraction of sp³-hybridized carbons (Fsp3) is 0.267. The van der Waals surface area contributed by atoms with Crippen LogP contribution in [0.5, 0.6) is 11.5 Å². The van der Waals surface area contributed by atoms with Crippen molar-refractivity contribution >= 4 is 11.9 Å². The molecule has 0 bridgehead atoms. The van der Waals surface area contributed by atoms with Crippen LogP contribution in [0.1, 0.15) is 20.8 Å². The Kier molecular flexibility index (Phi) is 4.54. The molecule has 8 heteroatoms. The number of aromatic nitrogens is 2. The normalized spacial score (nSPS) is 10.3. The predicted octanol–water partition coefficient (Wildman–Crippen LogP) is 1.59. The lowest BCUT2D eigenvalue weighted by molar-refractivity contribution is 0.0599. The van der Waals surface area contributed by atoms with Crippen LogP contribution in [0.3, 0.4) is 0 Å². The average molecular weight is 320 g/mol. The Balaban J connectivity index is 2.73. The Bertz CT molecular complexity index is 766. The topological polar surface area (TPSA) is 99.9 Å². The lowest BCUT2D eigenvalue weighted by Crippen LogP contribution is -2.05. The van der Waals surface area contributed by atoms with Crippen LogP contribution in [-0.4, -0.2) is 48.2 Å². The number of rotatable bonds is 5. The van der Waals surface area contributed by atoms with Crippen LogP contribution in [-0.2, 0) is 11.8 Å². The zero-order chi connectivity index (χ0) is 17.1. The van der Waals surface area contributed by atoms with Crippen LogP contribution in [0.2, 0.25) is 0 Å². The lowest BCUT2D eigenvalue weighted by Gasteiger charge is -2.14. The summed E-state index contributed by atoms with van der Waals surface area (Å²) in [7, 11) is 5.76. The van der Waals surface area contributed by atoms with Gasteiger partial charge in [-0.05, 0) is 18.2 Å². The van der Waals surface area contributed by atoms with Gasteiger partial charge >= 0.3 is 11.9 Å². The molecule has 0 fully saturated rings. The molecule has 0 aliphatic carbocycles. The first kappa shape index (κ1) is 16.3. The highest BCUT2D eigenvalue weighted by molar-refractivity contribution is 5.93. The van der Waals surface area contributed by atoms with Crippen LogP contribution >= 0.6 is 0 Å². The predicted molar refractivity (Wildman–Crippen MR) is 80.0 cm³/mol. The van der Waals surface area contributed by atoms with Gasteiger partial charge < -0.3 is 19.3 Å². The zero-order valence-electron chi connectivity index (χ0n) is 13.1. The third-order valence-corrected chi connectivity index (χ3v) is 3.27. The van der Waals surface area contributed by atoms with Crippen LogP contribution in [0.25, 0.3) is 11.3 Å². The van der Waals surface area contributed by atoms with Gasteiger partial charge in [-0.15, -0.1) is 0 Å². The maximum atomic E-state index is 11.8. The summed E-state index contributed by atoms with van der Waals surface area (Å²) in [6.45, 7) is 0. The molecule has 0 unspecified atom stereocenters. The number of nitrogens with zero attached hydrogens (tertiary/aromatic N) is 2. The number of aryl methyl sites for hydroxylation is 1. The van der Waals surface area contributed by atoms with Crippen molar-refractivity contribution in [1.29, 1.82) is 0 Å². The summed E-state index contributed by atoms with van der Waals surface area (Å²) in [6.07, 6.45) is 0. The number of aromatic carboxylic acids is 1. The minimum absolute atomic E-state index is 0.119. The number of esters is 1. The number of ether oxygens (including phenoxy) is 3. The van der Waals surface area contributed by atoms with Gasteiger partial charge in [0, 0.05) is 12.6 Å². The van der Waals surface area contributed by atoms with E-state index >= 15 is 0 Å². The fourth-order valence-electron chi connectivity index (χ4n) is 2.21. The van der Waals surface area contributed by atoms with Gasteiger partial charge in [-0.1, -0.05) is 0 Å². The van der Waals surface area contributed by atoms with Crippen molar-refractivity contribution in [1.82, 2.24) is 9.78 Å². The SMILES string of the molecule is COC(=O)c1cc(OC)c(OC)c(-c2cc(C(=O)O)nn2C)c1. The summed E-state index contributed by atoms with van der Waals surface area (Å²) in [6, 6.07) is 4.42. The number of methoxy groups -OCH3 is 3. The minimum atomic E-state index is -1.15. The second-order valence-electron chi connectivity index (χ2n) is 4.59. The molecule has 2 aromatic rings. The highest BCUT2D eigenvalue weighted by atomic mass is 16.5. The molecule has 0 aliphatic rings. The number of benzene rings is 1. The molecule has 1 N–H and O–H groups in total. The van der Waals surface area contributed by atoms with E-state index in [1.165, 1.54) is 44.2 Å². The second-order valence-corrected chi connectivity index (χ2v) is 4.59. The van der Waals surface area contributed by atoms with Crippen molar-refractivity contribution in [2.24, 2.45) is 7.05 Å². The highest BCUT2D eigenvalue weighted by Gasteiger charge is 2.21. The molecule has 23 heavy (non-hydrogen) atoms. The van der Waals surface area contributed by atoms with Crippen LogP contribution in [0.4, 0.5) is 0 Å². The number of carboxylic acid groups (broad SMARTS) is 1. The molecule has 1 aromatic carbocycles. The van der Waals surface area contributed by atoms with Gasteiger partial charge in [0.15, 0.2) is 17.2 Å². The summed E-state index contributed by atoms with van der Waals surface area (Å²) < 4.78 is 16.7. The third kappa shape index (κ3) is 2.96. The molecule has 0 radical (unpaired) electrons. The molecule has 0 saturated heterocycles. The van der Waals surface area contributed by atoms with Crippen LogP contribution in [0, 0.1) is 0 Å². The van der Waals surface area contributed by atoms with E-state index < -0.39 is 11.9 Å². The number of hydrogen-bond acceptors (Lipinski definition) is 6. The minimum Gasteiger partial charge on any atom is -0.493 e. The molecule has 1 aromatic heterocycles. The van der Waals surface area contributed by atoms with E-state index in [9.17, 15) is 9.59 Å². The van der Waals surface area contributed by atoms with Gasteiger partial charge in [-0.2, -0.15) is 5.10 Å². The van der Waals surface area contributed by atoms with Crippen LogP contribution in [0.15, 0.2) is 18.2 Å². The van der Waals surface area contributed by atoms with E-state index in [1.54, 1.807) is 7.05 Å². The largest absolute Gasteiger partial charge is 0.493 e. The molecule has 2 rings (SSSR count). The van der Waals surface area contributed by atoms with Crippen molar-refractivity contribution in [3.05, 3.63) is 29.5 Å². The second kappa shape index (κ2) is 6.39. The van der Waals surface area contributed by atoms with Gasteiger partial charge in [-0.3, -0.25) is 4.68 Å². The Morgan fingerprint density at radius 2 is 1.83 bits per heavy atom. The fourth-order valence-corrected chi connectivity index (χ4v) is 2.21. The van der Waals surface area contributed by atoms with Crippen molar-refractivity contribution in [3.8, 4) is 22.8 Å². The molecule has 122 valence electrons. The molecule has 0 spiro atoms. The number of carbonyl (C=O) groups is 2. The molecule has 0 atom stereocenters. The molecule has 1 heterocycles. The first-order valence-corrected chi connectivity index (χ1v) is 6.55. The Labute approximate surface area is 132 Å². The Hall–Kier alpha value is -3.03. The highest BCUT2D eigenvalue weighted by Crippen LogP contribution is 2.39. The lowest BCUT2D eigenvalue weighted by atomic mass is 10.0. The average Bonchev–Trinajstić information content (AvgIpc) is 2.94. The number of carbonyl (C=O) groups excluding carboxylic acids is 1. The first-order chi connectivity index (χ1) is 10.9. The van der Waals surface area contributed by atoms with Gasteiger partial charge in [0.05, 0.1) is 32.6 Å². The van der Waals surface area contributed by atoms with Crippen molar-refractivity contribution in [3.63, 3.8) is 0 Å². The van der Waals surface area contributed by atoms with E-state index in [2.05, 4.69) is 5.10 Å². The van der Waals surface area contributed by atoms with Gasteiger partial charge in [-0.25, -0.2) is 9.59 Å². The van der Waals surface area contributed by atoms with Crippen molar-refractivity contribution in [2.75, 3.05) is 21.3 Å². The van der Waals surface area contributed by atoms with Gasteiger partial charge in [0.1, 0.15) is 0 Å². The number of hydrogen-bond donors (Lipinski definition) is 1. The smallest absolute Gasteiger partial charge is 0.356 e. The maximum Gasteiger partial charge on any atom is 0.356 e. The Morgan fingerprint density at radius 3 is 2.30 bits per heavy atom. The van der Waals surface area contributed by atoms with E-state index in [0.29, 0.717) is 22.8 Å². The zero-order valence-corrected chi connectivity index (χ0v) is 13.1. The summed E-state index contributed by atoms with van der Waals surface area (Å²) in [4.78, 5) is 22.9. The standard InChI is InChI=1S/C15H16N2O6/c1-17-11(7-10(16-17)14(18)19)9-5-8(15(20)23-4)6-12(21-2)13(9)22-3/h5-7H,1-4H3,(H,18,19). The molecule has 0 aliphatic heterocycles. The third-order valence-electron chi connectivity index (χ3n) is 3.27. The maximum absolute atomic E-state index is 11.8. The molecule has 0 saturated carbocycles. The molecular weight excluding hydrogens is 304 g/mol. The molecule has 0 amide bonds. The van der Waals surface area contributed by atoms with E-state index in [1.807, 2.05) is 0 Å². The molecule has 8 nitrogen and oxygen atoms in total. The quantitative estimate of drug-likeness (QED) is 0.835. The van der Waals surface area contributed by atoms with Gasteiger partial charge in [0.25, 0.3) is 0 Å². The van der Waals surface area contributed by atoms with Crippen LogP contribution < -0.4 is 9.47 Å². The van der Waals surface area contributed by atoms with Crippen molar-refractivity contribution in [2.45, 2.75) is 0 Å². The van der Waals surface area contributed by atoms with E-state index in [-0.39, 0.29) is 11.3 Å². The van der Waals surface area contributed by atoms with E-state index in [4.69, 9.17) is 19.3 Å². The molecular formula is C15H16N2O6. The summed E-state index contributed by atoms with van der Waals surface area (Å²) in [5.74, 6) is -1.02. The summed E-state index contributed by atoms with van der Waals surface area (Å²) in [5.41, 5.74) is 1.06. The van der Waals surface area contributed by atoms with Gasteiger partial charge in [0.2, 0.25) is 0 Å². The Morgan fingerprint density at radius 1 is 1.13 bits per heavy atom. The first-order valence-electron chi connectivity index (χ1n) is 6.55. The summed E-state index contributed by atoms with van der Waals surface area (Å²) >= 11 is 0. The summed E-state index contributed by atoms with van der Waals surface area (Å²) in [5, 5.41) is 13.0. The van der Waals surface area contributed by atoms with Crippen molar-refractivity contribution < 1.29 is 28.9 Å². The number of carboxylic acids is 1.